The molecule has 2 aromatic carbocycles. The van der Waals surface area contributed by atoms with E-state index in [9.17, 15) is 0 Å². The molecule has 3 aromatic rings. The summed E-state index contributed by atoms with van der Waals surface area (Å²) in [5.41, 5.74) is 5.87. The average molecular weight is 498 g/mol. The van der Waals surface area contributed by atoms with Gasteiger partial charge in [0, 0.05) is 50.2 Å². The van der Waals surface area contributed by atoms with Gasteiger partial charge >= 0.3 is 0 Å². The fraction of sp³-hybridized carbons (Fsp3) is 0.355. The van der Waals surface area contributed by atoms with Crippen molar-refractivity contribution < 1.29 is 4.74 Å². The molecule has 0 bridgehead atoms. The van der Waals surface area contributed by atoms with Crippen LogP contribution in [0.1, 0.15) is 51.3 Å². The topological polar surface area (TPSA) is 44.2 Å². The van der Waals surface area contributed by atoms with Crippen LogP contribution in [0, 0.1) is 0 Å². The highest BCUT2D eigenvalue weighted by atomic mass is 16.5. The molecule has 0 spiro atoms. The number of hydrogen-bond donors (Lipinski definition) is 0. The molecule has 1 aromatic heterocycles. The fourth-order valence-electron chi connectivity index (χ4n) is 4.88. The van der Waals surface area contributed by atoms with Crippen molar-refractivity contribution in [1.29, 1.82) is 0 Å². The molecule has 0 fully saturated rings. The molecule has 6 heteroatoms. The standard InChI is InChI=1S/C31H39N5O/c1-6-34(7-2)27-18-13-24(14-19-27)12-17-26-23-29(25-15-20-28(21-16-25)35(8-3)9-4)36(33-26)31-30(37-5)11-10-22-32-31/h10-22,29H,6-9,23H2,1-5H3. The Balaban J connectivity index is 1.61. The zero-order valence-electron chi connectivity index (χ0n) is 22.8. The van der Waals surface area contributed by atoms with Crippen LogP contribution >= 0.6 is 0 Å². The summed E-state index contributed by atoms with van der Waals surface area (Å²) < 4.78 is 5.63. The van der Waals surface area contributed by atoms with Gasteiger partial charge in [-0.05, 0) is 81.3 Å². The molecule has 2 heterocycles. The van der Waals surface area contributed by atoms with Crippen molar-refractivity contribution in [2.45, 2.75) is 40.2 Å². The van der Waals surface area contributed by atoms with Crippen LogP contribution in [-0.4, -0.2) is 44.0 Å². The van der Waals surface area contributed by atoms with Gasteiger partial charge < -0.3 is 14.5 Å². The van der Waals surface area contributed by atoms with Gasteiger partial charge in [-0.25, -0.2) is 9.99 Å². The van der Waals surface area contributed by atoms with Gasteiger partial charge in [-0.15, -0.1) is 0 Å². The van der Waals surface area contributed by atoms with E-state index in [1.165, 1.54) is 16.9 Å². The van der Waals surface area contributed by atoms with E-state index >= 15 is 0 Å². The maximum atomic E-state index is 5.63. The maximum Gasteiger partial charge on any atom is 0.192 e. The van der Waals surface area contributed by atoms with Gasteiger partial charge in [0.2, 0.25) is 0 Å². The molecule has 0 amide bonds. The molecule has 0 saturated heterocycles. The minimum absolute atomic E-state index is 0.0410. The third-order valence-corrected chi connectivity index (χ3v) is 7.02. The van der Waals surface area contributed by atoms with Crippen LogP contribution in [0.3, 0.4) is 0 Å². The van der Waals surface area contributed by atoms with Crippen LogP contribution in [0.4, 0.5) is 17.2 Å². The second kappa shape index (κ2) is 12.4. The van der Waals surface area contributed by atoms with Crippen LogP contribution < -0.4 is 19.5 Å². The number of rotatable bonds is 11. The van der Waals surface area contributed by atoms with Gasteiger partial charge in [0.1, 0.15) is 0 Å². The molecule has 1 aliphatic rings. The number of pyridine rings is 1. The molecule has 0 radical (unpaired) electrons. The monoisotopic (exact) mass is 497 g/mol. The number of methoxy groups -OCH3 is 1. The molecule has 194 valence electrons. The smallest absolute Gasteiger partial charge is 0.192 e. The Morgan fingerprint density at radius 1 is 0.838 bits per heavy atom. The van der Waals surface area contributed by atoms with Gasteiger partial charge in [-0.1, -0.05) is 30.3 Å². The first-order chi connectivity index (χ1) is 18.1. The summed E-state index contributed by atoms with van der Waals surface area (Å²) in [5.74, 6) is 1.45. The first-order valence-corrected chi connectivity index (χ1v) is 13.3. The summed E-state index contributed by atoms with van der Waals surface area (Å²) in [5, 5.41) is 7.01. The van der Waals surface area contributed by atoms with Crippen molar-refractivity contribution in [1.82, 2.24) is 4.98 Å². The molecule has 4 rings (SSSR count). The van der Waals surface area contributed by atoms with Gasteiger partial charge in [0.15, 0.2) is 11.6 Å². The van der Waals surface area contributed by atoms with E-state index in [-0.39, 0.29) is 6.04 Å². The highest BCUT2D eigenvalue weighted by molar-refractivity contribution is 6.01. The number of hydrazone groups is 1. The number of anilines is 3. The van der Waals surface area contributed by atoms with E-state index < -0.39 is 0 Å². The molecule has 1 atom stereocenters. The fourth-order valence-corrected chi connectivity index (χ4v) is 4.88. The first-order valence-electron chi connectivity index (χ1n) is 13.3. The van der Waals surface area contributed by atoms with Crippen molar-refractivity contribution in [3.63, 3.8) is 0 Å². The predicted octanol–water partition coefficient (Wildman–Crippen LogP) is 6.80. The van der Waals surface area contributed by atoms with E-state index in [2.05, 4.69) is 103 Å². The predicted molar refractivity (Wildman–Crippen MR) is 157 cm³/mol. The van der Waals surface area contributed by atoms with E-state index in [0.29, 0.717) is 5.75 Å². The summed E-state index contributed by atoms with van der Waals surface area (Å²) in [6.45, 7) is 12.7. The number of allylic oxidation sites excluding steroid dienone is 1. The van der Waals surface area contributed by atoms with Crippen LogP contribution in [0.25, 0.3) is 6.08 Å². The van der Waals surface area contributed by atoms with Crippen LogP contribution in [0.5, 0.6) is 5.75 Å². The van der Waals surface area contributed by atoms with Gasteiger partial charge in [0.25, 0.3) is 0 Å². The highest BCUT2D eigenvalue weighted by Gasteiger charge is 2.31. The lowest BCUT2D eigenvalue weighted by atomic mass is 10.0. The summed E-state index contributed by atoms with van der Waals surface area (Å²) in [4.78, 5) is 9.34. The summed E-state index contributed by atoms with van der Waals surface area (Å²) >= 11 is 0. The molecule has 6 nitrogen and oxygen atoms in total. The number of aromatic nitrogens is 1. The summed E-state index contributed by atoms with van der Waals surface area (Å²) in [7, 11) is 1.68. The van der Waals surface area contributed by atoms with Crippen molar-refractivity contribution >= 4 is 29.0 Å². The normalized spacial score (nSPS) is 15.2. The lowest BCUT2D eigenvalue weighted by Gasteiger charge is -2.25. The quantitative estimate of drug-likeness (QED) is 0.291. The van der Waals surface area contributed by atoms with Crippen LogP contribution in [-0.2, 0) is 0 Å². The molecular weight excluding hydrogens is 458 g/mol. The number of hydrogen-bond acceptors (Lipinski definition) is 6. The third-order valence-electron chi connectivity index (χ3n) is 7.02. The average Bonchev–Trinajstić information content (AvgIpc) is 3.38. The zero-order chi connectivity index (χ0) is 26.2. The lowest BCUT2D eigenvalue weighted by Crippen LogP contribution is -2.22. The summed E-state index contributed by atoms with van der Waals surface area (Å²) in [6.07, 6.45) is 6.85. The second-order valence-corrected chi connectivity index (χ2v) is 9.05. The zero-order valence-corrected chi connectivity index (χ0v) is 22.8. The Morgan fingerprint density at radius 3 is 2.00 bits per heavy atom. The summed E-state index contributed by atoms with van der Waals surface area (Å²) in [6, 6.07) is 21.4. The Morgan fingerprint density at radius 2 is 1.43 bits per heavy atom. The molecule has 1 aliphatic heterocycles. The van der Waals surface area contributed by atoms with Crippen molar-refractivity contribution in [2.75, 3.05) is 48.1 Å². The highest BCUT2D eigenvalue weighted by Crippen LogP contribution is 2.39. The van der Waals surface area contributed by atoms with E-state index in [1.54, 1.807) is 13.3 Å². The van der Waals surface area contributed by atoms with Crippen LogP contribution in [0.2, 0.25) is 0 Å². The molecule has 37 heavy (non-hydrogen) atoms. The molecule has 1 unspecified atom stereocenters. The maximum absolute atomic E-state index is 5.63. The second-order valence-electron chi connectivity index (χ2n) is 9.05. The minimum Gasteiger partial charge on any atom is -0.493 e. The van der Waals surface area contributed by atoms with Crippen molar-refractivity contribution in [3.05, 3.63) is 84.1 Å². The van der Waals surface area contributed by atoms with Crippen molar-refractivity contribution in [3.8, 4) is 5.75 Å². The first kappa shape index (κ1) is 26.3. The number of benzene rings is 2. The minimum atomic E-state index is 0.0410. The Hall–Kier alpha value is -3.80. The van der Waals surface area contributed by atoms with Crippen molar-refractivity contribution in [2.24, 2.45) is 5.10 Å². The molecule has 0 N–H and O–H groups in total. The van der Waals surface area contributed by atoms with Crippen LogP contribution in [0.15, 0.2) is 78.0 Å². The Kier molecular flexibility index (Phi) is 8.83. The van der Waals surface area contributed by atoms with Gasteiger partial charge in [-0.3, -0.25) is 0 Å². The SMILES string of the molecule is CCN(CC)c1ccc(C=CC2=NN(c3ncccc3OC)C(c3ccc(N(CC)CC)cc3)C2)cc1. The van der Waals surface area contributed by atoms with Gasteiger partial charge in [0.05, 0.1) is 18.9 Å². The number of ether oxygens (including phenoxy) is 1. The van der Waals surface area contributed by atoms with E-state index in [1.807, 2.05) is 17.1 Å². The number of nitrogens with zero attached hydrogens (tertiary/aromatic N) is 5. The molecule has 0 saturated carbocycles. The van der Waals surface area contributed by atoms with Gasteiger partial charge in [-0.2, -0.15) is 5.10 Å². The molecular formula is C31H39N5O. The van der Waals surface area contributed by atoms with E-state index in [0.717, 1.165) is 49.7 Å². The third kappa shape index (κ3) is 5.96. The molecule has 0 aliphatic carbocycles. The Bertz CT molecular complexity index is 1200. The van der Waals surface area contributed by atoms with E-state index in [4.69, 9.17) is 9.84 Å². The Labute approximate surface area is 221 Å². The lowest BCUT2D eigenvalue weighted by molar-refractivity contribution is 0.411. The largest absolute Gasteiger partial charge is 0.493 e.